The summed E-state index contributed by atoms with van der Waals surface area (Å²) in [5.74, 6) is 0.267. The monoisotopic (exact) mass is 288 g/mol. The quantitative estimate of drug-likeness (QED) is 0.903. The van der Waals surface area contributed by atoms with E-state index in [1.807, 2.05) is 12.3 Å². The number of nitrogens with zero attached hydrogens (tertiary/aromatic N) is 3. The van der Waals surface area contributed by atoms with Crippen LogP contribution < -0.4 is 5.32 Å². The first-order valence-electron chi connectivity index (χ1n) is 7.97. The maximum absolute atomic E-state index is 12.7. The molecular formula is C16H24N4O. The van der Waals surface area contributed by atoms with E-state index in [1.54, 1.807) is 6.20 Å². The van der Waals surface area contributed by atoms with Crippen molar-refractivity contribution in [1.29, 1.82) is 0 Å². The van der Waals surface area contributed by atoms with Crippen LogP contribution in [0.4, 0.5) is 0 Å². The summed E-state index contributed by atoms with van der Waals surface area (Å²) in [6.07, 6.45) is 6.95. The smallest absolute Gasteiger partial charge is 0.237 e. The first-order valence-corrected chi connectivity index (χ1v) is 7.97. The lowest BCUT2D eigenvalue weighted by Crippen LogP contribution is -2.41. The third kappa shape index (κ3) is 3.60. The molecule has 0 saturated carbocycles. The van der Waals surface area contributed by atoms with Crippen molar-refractivity contribution in [1.82, 2.24) is 20.1 Å². The number of pyridine rings is 1. The van der Waals surface area contributed by atoms with Crippen molar-refractivity contribution in [2.24, 2.45) is 0 Å². The van der Waals surface area contributed by atoms with Crippen LogP contribution >= 0.6 is 0 Å². The van der Waals surface area contributed by atoms with Crippen molar-refractivity contribution in [3.05, 3.63) is 30.1 Å². The molecule has 1 N–H and O–H groups in total. The van der Waals surface area contributed by atoms with E-state index in [4.69, 9.17) is 0 Å². The van der Waals surface area contributed by atoms with E-state index in [1.165, 1.54) is 5.56 Å². The van der Waals surface area contributed by atoms with Crippen LogP contribution in [-0.4, -0.2) is 60.0 Å². The Labute approximate surface area is 126 Å². The number of rotatable bonds is 3. The fraction of sp³-hybridized carbons (Fsp3) is 0.625. The first-order chi connectivity index (χ1) is 10.3. The van der Waals surface area contributed by atoms with Crippen molar-refractivity contribution >= 4 is 5.91 Å². The minimum atomic E-state index is 0.219. The molecule has 2 aliphatic heterocycles. The zero-order valence-electron chi connectivity index (χ0n) is 12.5. The predicted molar refractivity (Wildman–Crippen MR) is 81.9 cm³/mol. The molecule has 21 heavy (non-hydrogen) atoms. The Morgan fingerprint density at radius 3 is 3.10 bits per heavy atom. The van der Waals surface area contributed by atoms with Crippen molar-refractivity contribution in [2.45, 2.75) is 25.3 Å². The van der Waals surface area contributed by atoms with Gasteiger partial charge in [0.25, 0.3) is 0 Å². The zero-order chi connectivity index (χ0) is 14.5. The summed E-state index contributed by atoms with van der Waals surface area (Å²) in [4.78, 5) is 21.2. The molecule has 1 aromatic rings. The largest absolute Gasteiger partial charge is 0.334 e. The van der Waals surface area contributed by atoms with Crippen LogP contribution in [-0.2, 0) is 4.79 Å². The lowest BCUT2D eigenvalue weighted by molar-refractivity contribution is -0.133. The Morgan fingerprint density at radius 1 is 1.29 bits per heavy atom. The molecule has 2 aliphatic rings. The highest BCUT2D eigenvalue weighted by molar-refractivity contribution is 5.79. The van der Waals surface area contributed by atoms with E-state index in [0.29, 0.717) is 6.54 Å². The minimum absolute atomic E-state index is 0.219. The summed E-state index contributed by atoms with van der Waals surface area (Å²) in [6.45, 7) is 5.47. The van der Waals surface area contributed by atoms with Crippen LogP contribution in [0, 0.1) is 0 Å². The number of carbonyl (C=O) groups is 1. The van der Waals surface area contributed by atoms with E-state index >= 15 is 0 Å². The second-order valence-electron chi connectivity index (χ2n) is 5.91. The fourth-order valence-corrected chi connectivity index (χ4v) is 3.33. The lowest BCUT2D eigenvalue weighted by Gasteiger charge is -2.28. The van der Waals surface area contributed by atoms with Gasteiger partial charge in [0, 0.05) is 32.0 Å². The highest BCUT2D eigenvalue weighted by atomic mass is 16.2. The highest BCUT2D eigenvalue weighted by Crippen LogP contribution is 2.31. The summed E-state index contributed by atoms with van der Waals surface area (Å²) >= 11 is 0. The van der Waals surface area contributed by atoms with Gasteiger partial charge in [-0.15, -0.1) is 0 Å². The van der Waals surface area contributed by atoms with Gasteiger partial charge in [0.05, 0.1) is 12.6 Å². The molecule has 0 radical (unpaired) electrons. The van der Waals surface area contributed by atoms with Gasteiger partial charge in [-0.1, -0.05) is 6.07 Å². The average Bonchev–Trinajstić information content (AvgIpc) is 2.87. The van der Waals surface area contributed by atoms with Crippen molar-refractivity contribution in [3.63, 3.8) is 0 Å². The van der Waals surface area contributed by atoms with Crippen molar-refractivity contribution in [3.8, 4) is 0 Å². The van der Waals surface area contributed by atoms with Gasteiger partial charge in [0.15, 0.2) is 0 Å². The molecule has 1 atom stereocenters. The topological polar surface area (TPSA) is 48.5 Å². The van der Waals surface area contributed by atoms with Crippen LogP contribution in [0.2, 0.25) is 0 Å². The van der Waals surface area contributed by atoms with Crippen LogP contribution in [0.3, 0.4) is 0 Å². The molecule has 114 valence electrons. The normalized spacial score (nSPS) is 24.0. The number of hydrogen-bond donors (Lipinski definition) is 1. The number of carbonyl (C=O) groups excluding carboxylic acids is 1. The molecule has 2 saturated heterocycles. The number of aromatic nitrogens is 1. The molecule has 3 heterocycles. The number of likely N-dealkylation sites (tertiary alicyclic amines) is 1. The Kier molecular flexibility index (Phi) is 4.83. The predicted octanol–water partition coefficient (Wildman–Crippen LogP) is 1.04. The van der Waals surface area contributed by atoms with E-state index in [0.717, 1.165) is 52.0 Å². The van der Waals surface area contributed by atoms with Gasteiger partial charge in [-0.2, -0.15) is 0 Å². The molecule has 3 rings (SSSR count). The Bertz CT molecular complexity index is 457. The first kappa shape index (κ1) is 14.5. The van der Waals surface area contributed by atoms with Crippen LogP contribution in [0.15, 0.2) is 24.5 Å². The maximum Gasteiger partial charge on any atom is 0.237 e. The molecule has 0 bridgehead atoms. The number of amides is 1. The van der Waals surface area contributed by atoms with Crippen LogP contribution in [0.1, 0.15) is 30.9 Å². The standard InChI is InChI=1S/C16H24N4O/c21-16(13-19-9-3-7-17-8-11-19)20-10-2-5-15(20)14-4-1-6-18-12-14/h1,4,6,12,15,17H,2-3,5,7-11,13H2. The minimum Gasteiger partial charge on any atom is -0.334 e. The van der Waals surface area contributed by atoms with Gasteiger partial charge in [-0.05, 0) is 44.0 Å². The molecule has 1 amide bonds. The second-order valence-corrected chi connectivity index (χ2v) is 5.91. The van der Waals surface area contributed by atoms with Gasteiger partial charge in [-0.3, -0.25) is 14.7 Å². The van der Waals surface area contributed by atoms with Crippen LogP contribution in [0.5, 0.6) is 0 Å². The molecule has 5 heteroatoms. The molecule has 5 nitrogen and oxygen atoms in total. The van der Waals surface area contributed by atoms with Gasteiger partial charge in [-0.25, -0.2) is 0 Å². The van der Waals surface area contributed by atoms with Crippen LogP contribution in [0.25, 0.3) is 0 Å². The average molecular weight is 288 g/mol. The second kappa shape index (κ2) is 7.00. The molecular weight excluding hydrogens is 264 g/mol. The Hall–Kier alpha value is -1.46. The maximum atomic E-state index is 12.7. The zero-order valence-corrected chi connectivity index (χ0v) is 12.5. The van der Waals surface area contributed by atoms with Gasteiger partial charge in [0.1, 0.15) is 0 Å². The summed E-state index contributed by atoms with van der Waals surface area (Å²) in [6, 6.07) is 4.26. The van der Waals surface area contributed by atoms with Crippen molar-refractivity contribution < 1.29 is 4.79 Å². The van der Waals surface area contributed by atoms with E-state index in [2.05, 4.69) is 26.2 Å². The molecule has 2 fully saturated rings. The lowest BCUT2D eigenvalue weighted by atomic mass is 10.1. The van der Waals surface area contributed by atoms with E-state index in [-0.39, 0.29) is 11.9 Å². The SMILES string of the molecule is O=C(CN1CCCNCC1)N1CCCC1c1cccnc1. The Balaban J connectivity index is 1.63. The fourth-order valence-electron chi connectivity index (χ4n) is 3.33. The van der Waals surface area contributed by atoms with Crippen molar-refractivity contribution in [2.75, 3.05) is 39.3 Å². The number of hydrogen-bond acceptors (Lipinski definition) is 4. The van der Waals surface area contributed by atoms with Gasteiger partial charge in [0.2, 0.25) is 5.91 Å². The number of nitrogens with one attached hydrogen (secondary N) is 1. The molecule has 0 aromatic carbocycles. The van der Waals surface area contributed by atoms with E-state index < -0.39 is 0 Å². The molecule has 0 spiro atoms. The van der Waals surface area contributed by atoms with Gasteiger partial charge < -0.3 is 10.2 Å². The molecule has 1 aromatic heterocycles. The molecule has 0 aliphatic carbocycles. The highest BCUT2D eigenvalue weighted by Gasteiger charge is 2.30. The summed E-state index contributed by atoms with van der Waals surface area (Å²) in [7, 11) is 0. The Morgan fingerprint density at radius 2 is 2.24 bits per heavy atom. The summed E-state index contributed by atoms with van der Waals surface area (Å²) in [5, 5.41) is 3.38. The van der Waals surface area contributed by atoms with E-state index in [9.17, 15) is 4.79 Å². The summed E-state index contributed by atoms with van der Waals surface area (Å²) < 4.78 is 0. The van der Waals surface area contributed by atoms with Gasteiger partial charge >= 0.3 is 0 Å². The third-order valence-corrected chi connectivity index (χ3v) is 4.43. The summed E-state index contributed by atoms with van der Waals surface area (Å²) in [5.41, 5.74) is 1.17. The molecule has 1 unspecified atom stereocenters. The third-order valence-electron chi connectivity index (χ3n) is 4.43.